The average molecular weight is 690 g/mol. The van der Waals surface area contributed by atoms with Gasteiger partial charge in [0.2, 0.25) is 0 Å². The number of carboxylic acid groups (broad SMARTS) is 1. The molecule has 0 unspecified atom stereocenters. The lowest BCUT2D eigenvalue weighted by Crippen LogP contribution is -2.53. The van der Waals surface area contributed by atoms with Crippen molar-refractivity contribution in [1.82, 2.24) is 10.6 Å². The van der Waals surface area contributed by atoms with Gasteiger partial charge in [-0.2, -0.15) is 43.9 Å². The number of hydrogen-bond acceptors (Lipinski definition) is 3. The lowest BCUT2D eigenvalue weighted by molar-refractivity contribution is -0.253. The number of halogens is 12. The zero-order valence-electron chi connectivity index (χ0n) is 23.4. The molecule has 3 aromatic carbocycles. The molecule has 2 amide bonds. The van der Waals surface area contributed by atoms with Crippen molar-refractivity contribution < 1.29 is 72.1 Å². The number of carbonyl (C=O) groups excluding carboxylic acids is 1. The van der Waals surface area contributed by atoms with Crippen LogP contribution in [0.25, 0.3) is 0 Å². The molecule has 3 rings (SSSR count). The van der Waals surface area contributed by atoms with E-state index in [0.29, 0.717) is 23.8 Å². The molecule has 0 saturated carbocycles. The van der Waals surface area contributed by atoms with Gasteiger partial charge in [0.05, 0.1) is 11.1 Å². The van der Waals surface area contributed by atoms with E-state index in [1.807, 2.05) is 5.32 Å². The number of amides is 2. The Bertz CT molecular complexity index is 1580. The van der Waals surface area contributed by atoms with Crippen LogP contribution in [0.2, 0.25) is 0 Å². The highest BCUT2D eigenvalue weighted by molar-refractivity contribution is 5.76. The molecule has 256 valence electrons. The first kappa shape index (κ1) is 36.8. The van der Waals surface area contributed by atoms with Crippen LogP contribution in [0.3, 0.4) is 0 Å². The predicted octanol–water partition coefficient (Wildman–Crippen LogP) is 7.59. The van der Waals surface area contributed by atoms with Crippen LogP contribution in [-0.2, 0) is 29.4 Å². The molecule has 47 heavy (non-hydrogen) atoms. The van der Waals surface area contributed by atoms with Crippen LogP contribution in [-0.4, -0.2) is 42.4 Å². The average Bonchev–Trinajstić information content (AvgIpc) is 2.94. The molecule has 1 atom stereocenters. The molecule has 0 bridgehead atoms. The molecule has 3 aromatic rings. The van der Waals surface area contributed by atoms with Gasteiger partial charge < -0.3 is 20.5 Å². The molecule has 6 nitrogen and oxygen atoms in total. The van der Waals surface area contributed by atoms with Crippen LogP contribution in [0.1, 0.15) is 34.2 Å². The zero-order chi connectivity index (χ0) is 35.4. The fourth-order valence-electron chi connectivity index (χ4n) is 4.44. The third-order valence-electron chi connectivity index (χ3n) is 6.53. The number of hydrogen-bond donors (Lipinski definition) is 3. The topological polar surface area (TPSA) is 87.7 Å². The molecular formula is C29H22F12N2O4. The van der Waals surface area contributed by atoms with Crippen molar-refractivity contribution in [3.63, 3.8) is 0 Å². The molecule has 0 radical (unpaired) electrons. The second-order valence-electron chi connectivity index (χ2n) is 10.0. The Hall–Kier alpha value is -4.64. The van der Waals surface area contributed by atoms with Gasteiger partial charge in [0.15, 0.2) is 0 Å². The number of benzene rings is 3. The Morgan fingerprint density at radius 2 is 1.43 bits per heavy atom. The Balaban J connectivity index is 2.32. The highest BCUT2D eigenvalue weighted by Crippen LogP contribution is 2.41. The smallest absolute Gasteiger partial charge is 0.461 e. The number of rotatable bonds is 12. The third-order valence-corrected chi connectivity index (χ3v) is 6.53. The molecule has 0 aliphatic rings. The monoisotopic (exact) mass is 690 g/mol. The van der Waals surface area contributed by atoms with Crippen molar-refractivity contribution in [1.29, 1.82) is 0 Å². The Labute approximate surface area is 257 Å². The largest absolute Gasteiger partial charge is 0.481 e. The van der Waals surface area contributed by atoms with Crippen molar-refractivity contribution in [3.8, 4) is 5.75 Å². The summed E-state index contributed by atoms with van der Waals surface area (Å²) in [5, 5.41) is 12.3. The lowest BCUT2D eigenvalue weighted by atomic mass is 9.77. The third kappa shape index (κ3) is 9.92. The Kier molecular flexibility index (Phi) is 11.0. The van der Waals surface area contributed by atoms with Crippen LogP contribution in [0.4, 0.5) is 57.5 Å². The molecule has 3 N–H and O–H groups in total. The van der Waals surface area contributed by atoms with Crippen molar-refractivity contribution in [2.24, 2.45) is 0 Å². The molecular weight excluding hydrogens is 668 g/mol. The highest BCUT2D eigenvalue weighted by atomic mass is 19.4. The minimum absolute atomic E-state index is 0.00863. The molecule has 0 saturated heterocycles. The van der Waals surface area contributed by atoms with Gasteiger partial charge in [-0.3, -0.25) is 4.79 Å². The summed E-state index contributed by atoms with van der Waals surface area (Å²) in [5.41, 5.74) is -5.73. The van der Waals surface area contributed by atoms with E-state index >= 15 is 0 Å². The van der Waals surface area contributed by atoms with Gasteiger partial charge in [0.25, 0.3) is 0 Å². The van der Waals surface area contributed by atoms with E-state index < -0.39 is 89.5 Å². The van der Waals surface area contributed by atoms with Crippen molar-refractivity contribution in [2.75, 3.05) is 6.54 Å². The van der Waals surface area contributed by atoms with Crippen molar-refractivity contribution in [2.45, 2.75) is 49.7 Å². The van der Waals surface area contributed by atoms with Gasteiger partial charge in [0, 0.05) is 18.9 Å². The number of urea groups is 1. The maximum atomic E-state index is 14.9. The quantitative estimate of drug-likeness (QED) is 0.171. The first-order valence-corrected chi connectivity index (χ1v) is 13.1. The van der Waals surface area contributed by atoms with E-state index in [9.17, 15) is 62.3 Å². The maximum Gasteiger partial charge on any atom is 0.461 e. The molecule has 0 aliphatic heterocycles. The van der Waals surface area contributed by atoms with Gasteiger partial charge in [-0.25, -0.2) is 13.6 Å². The second kappa shape index (κ2) is 14.0. The Morgan fingerprint density at radius 3 is 1.98 bits per heavy atom. The highest BCUT2D eigenvalue weighted by Gasteiger charge is 2.45. The summed E-state index contributed by atoms with van der Waals surface area (Å²) in [7, 11) is 0. The molecule has 18 heteroatoms. The normalized spacial score (nSPS) is 13.6. The lowest BCUT2D eigenvalue weighted by Gasteiger charge is -2.37. The van der Waals surface area contributed by atoms with Gasteiger partial charge in [0.1, 0.15) is 23.9 Å². The summed E-state index contributed by atoms with van der Waals surface area (Å²) in [6, 6.07) is 5.63. The number of aliphatic carboxylic acids is 1. The van der Waals surface area contributed by atoms with E-state index in [0.717, 1.165) is 0 Å². The molecule has 0 spiro atoms. The number of nitrogens with one attached hydrogen (secondary N) is 2. The molecule has 0 heterocycles. The number of alkyl halides is 10. The first-order valence-electron chi connectivity index (χ1n) is 13.1. The van der Waals surface area contributed by atoms with Crippen molar-refractivity contribution >= 4 is 12.0 Å². The second-order valence-corrected chi connectivity index (χ2v) is 10.0. The fraction of sp³-hybridized carbons (Fsp3) is 0.310. The summed E-state index contributed by atoms with van der Waals surface area (Å²) >= 11 is 0. The first-order chi connectivity index (χ1) is 21.6. The summed E-state index contributed by atoms with van der Waals surface area (Å²) in [6.45, 7) is -1.98. The minimum Gasteiger partial charge on any atom is -0.481 e. The van der Waals surface area contributed by atoms with Crippen LogP contribution < -0.4 is 15.4 Å². The van der Waals surface area contributed by atoms with E-state index in [-0.39, 0.29) is 36.6 Å². The van der Waals surface area contributed by atoms with Gasteiger partial charge >= 0.3 is 36.9 Å². The van der Waals surface area contributed by atoms with Crippen LogP contribution in [0.15, 0.2) is 60.7 Å². The standard InChI is InChI=1S/C29H22F12N2O4/c30-19-9-18(10-20(12-19)47-29(40,41)24(32)33)26(43-25(46)42-14-27(34,35)36,17-6-7-22(31)21(11-17)28(37,38)39)13-16-3-1-15(2-4-16)5-8-23(44)45/h1-4,6-7,9-12,24H,5,8,13-14H2,(H,44,45)(H2,42,43,46)/t26-/m0/s1. The van der Waals surface area contributed by atoms with E-state index in [2.05, 4.69) is 4.74 Å². The minimum atomic E-state index is -5.40. The Morgan fingerprint density at radius 1 is 0.809 bits per heavy atom. The van der Waals surface area contributed by atoms with Crippen LogP contribution in [0.5, 0.6) is 5.75 Å². The number of ether oxygens (including phenoxy) is 1. The summed E-state index contributed by atoms with van der Waals surface area (Å²) < 4.78 is 167. The number of aryl methyl sites for hydroxylation is 1. The zero-order valence-corrected chi connectivity index (χ0v) is 23.4. The number of carbonyl (C=O) groups is 2. The van der Waals surface area contributed by atoms with Gasteiger partial charge in [-0.05, 0) is 52.9 Å². The SMILES string of the molecule is O=C(O)CCc1ccc(C[C@@](NC(=O)NCC(F)(F)F)(c2cc(F)cc(OC(F)(F)C(F)F)c2)c2ccc(F)c(C(F)(F)F)c2)cc1. The van der Waals surface area contributed by atoms with E-state index in [4.69, 9.17) is 5.11 Å². The van der Waals surface area contributed by atoms with Gasteiger partial charge in [-0.1, -0.05) is 30.3 Å². The molecule has 0 fully saturated rings. The summed E-state index contributed by atoms with van der Waals surface area (Å²) in [4.78, 5) is 23.8. The maximum absolute atomic E-state index is 14.9. The summed E-state index contributed by atoms with van der Waals surface area (Å²) in [5.74, 6) is -5.83. The summed E-state index contributed by atoms with van der Waals surface area (Å²) in [6.07, 6.45) is -21.2. The van der Waals surface area contributed by atoms with Gasteiger partial charge in [-0.15, -0.1) is 0 Å². The van der Waals surface area contributed by atoms with E-state index in [1.54, 1.807) is 0 Å². The van der Waals surface area contributed by atoms with E-state index in [1.165, 1.54) is 29.6 Å². The number of carboxylic acids is 1. The molecule has 0 aromatic heterocycles. The fourth-order valence-corrected chi connectivity index (χ4v) is 4.44. The van der Waals surface area contributed by atoms with Crippen LogP contribution >= 0.6 is 0 Å². The van der Waals surface area contributed by atoms with Crippen molar-refractivity contribution in [3.05, 3.63) is 100 Å². The molecule has 0 aliphatic carbocycles. The predicted molar refractivity (Wildman–Crippen MR) is 139 cm³/mol. The van der Waals surface area contributed by atoms with Crippen LogP contribution in [0, 0.1) is 11.6 Å².